The van der Waals surface area contributed by atoms with Crippen molar-refractivity contribution in [3.8, 4) is 0 Å². The summed E-state index contributed by atoms with van der Waals surface area (Å²) in [4.78, 5) is 16.2. The Morgan fingerprint density at radius 2 is 2.10 bits per heavy atom. The third-order valence-electron chi connectivity index (χ3n) is 3.03. The first-order valence-corrected chi connectivity index (χ1v) is 7.18. The highest BCUT2D eigenvalue weighted by atomic mass is 35.5. The van der Waals surface area contributed by atoms with Crippen molar-refractivity contribution in [3.63, 3.8) is 0 Å². The van der Waals surface area contributed by atoms with Gasteiger partial charge in [-0.3, -0.25) is 0 Å². The van der Waals surface area contributed by atoms with Crippen LogP contribution in [0.1, 0.15) is 37.2 Å². The first kappa shape index (κ1) is 14.8. The smallest absolute Gasteiger partial charge is 0.356 e. The number of carbonyl (C=O) groups excluding carboxylic acids is 1. The predicted octanol–water partition coefficient (Wildman–Crippen LogP) is 4.48. The molecule has 0 fully saturated rings. The summed E-state index contributed by atoms with van der Waals surface area (Å²) in [5.74, 6) is 0.198. The molecule has 0 N–H and O–H groups in total. The molecular weight excluding hydrogens is 274 g/mol. The Morgan fingerprint density at radius 1 is 1.35 bits per heavy atom. The van der Waals surface area contributed by atoms with Gasteiger partial charge < -0.3 is 4.74 Å². The van der Waals surface area contributed by atoms with E-state index in [-0.39, 0.29) is 5.69 Å². The highest BCUT2D eigenvalue weighted by Gasteiger charge is 2.12. The maximum absolute atomic E-state index is 11.9. The van der Waals surface area contributed by atoms with Crippen molar-refractivity contribution in [3.05, 3.63) is 41.0 Å². The predicted molar refractivity (Wildman–Crippen MR) is 81.1 cm³/mol. The van der Waals surface area contributed by atoms with E-state index in [1.807, 2.05) is 24.3 Å². The lowest BCUT2D eigenvalue weighted by Gasteiger charge is -2.07. The van der Waals surface area contributed by atoms with Crippen molar-refractivity contribution in [2.75, 3.05) is 6.61 Å². The zero-order chi connectivity index (χ0) is 14.5. The summed E-state index contributed by atoms with van der Waals surface area (Å²) in [5, 5.41) is 1.36. The third-order valence-corrected chi connectivity index (χ3v) is 3.35. The number of halogens is 1. The zero-order valence-corrected chi connectivity index (χ0v) is 12.5. The monoisotopic (exact) mass is 291 g/mol. The number of para-hydroxylation sites is 1. The molecule has 1 aromatic carbocycles. The van der Waals surface area contributed by atoms with Crippen LogP contribution in [0.3, 0.4) is 0 Å². The quantitative estimate of drug-likeness (QED) is 0.602. The van der Waals surface area contributed by atoms with E-state index in [0.29, 0.717) is 23.1 Å². The normalized spacial score (nSPS) is 11.0. The zero-order valence-electron chi connectivity index (χ0n) is 11.7. The summed E-state index contributed by atoms with van der Waals surface area (Å²) in [6.45, 7) is 4.71. The Kier molecular flexibility index (Phi) is 4.96. The Balaban J connectivity index is 2.07. The van der Waals surface area contributed by atoms with Crippen LogP contribution in [0.15, 0.2) is 30.3 Å². The van der Waals surface area contributed by atoms with Gasteiger partial charge in [-0.05, 0) is 30.9 Å². The third kappa shape index (κ3) is 3.70. The lowest BCUT2D eigenvalue weighted by molar-refractivity contribution is 0.0488. The molecule has 2 rings (SSSR count). The second-order valence-electron chi connectivity index (χ2n) is 5.18. The van der Waals surface area contributed by atoms with Crippen LogP contribution >= 0.6 is 11.6 Å². The molecule has 106 valence electrons. The number of fused-ring (bicyclic) bond motifs is 1. The molecule has 0 atom stereocenters. The first-order chi connectivity index (χ1) is 9.58. The van der Waals surface area contributed by atoms with Gasteiger partial charge in [0.25, 0.3) is 0 Å². The van der Waals surface area contributed by atoms with Crippen LogP contribution in [-0.2, 0) is 4.74 Å². The maximum Gasteiger partial charge on any atom is 0.356 e. The molecule has 0 bridgehead atoms. The van der Waals surface area contributed by atoms with Crippen LogP contribution in [-0.4, -0.2) is 17.6 Å². The van der Waals surface area contributed by atoms with E-state index in [9.17, 15) is 4.79 Å². The van der Waals surface area contributed by atoms with Crippen molar-refractivity contribution in [2.45, 2.75) is 26.7 Å². The van der Waals surface area contributed by atoms with E-state index >= 15 is 0 Å². The van der Waals surface area contributed by atoms with Crippen molar-refractivity contribution >= 4 is 28.5 Å². The van der Waals surface area contributed by atoms with Crippen molar-refractivity contribution in [1.29, 1.82) is 0 Å². The van der Waals surface area contributed by atoms with Gasteiger partial charge in [-0.1, -0.05) is 43.6 Å². The van der Waals surface area contributed by atoms with Gasteiger partial charge in [0.2, 0.25) is 0 Å². The van der Waals surface area contributed by atoms with Crippen LogP contribution < -0.4 is 0 Å². The Hall–Kier alpha value is -1.61. The van der Waals surface area contributed by atoms with E-state index in [0.717, 1.165) is 18.2 Å². The standard InChI is InChI=1S/C16H18ClNO2/c1-11(2)6-5-9-20-16(19)15-10-13(17)12-7-3-4-8-14(12)18-15/h3-4,7-8,10-11H,5-6,9H2,1-2H3. The molecule has 0 spiro atoms. The average Bonchev–Trinajstić information content (AvgIpc) is 2.43. The number of nitrogens with zero attached hydrogens (tertiary/aromatic N) is 1. The molecule has 0 unspecified atom stereocenters. The molecular formula is C16H18ClNO2. The molecule has 0 saturated carbocycles. The van der Waals surface area contributed by atoms with E-state index in [1.54, 1.807) is 6.07 Å². The van der Waals surface area contributed by atoms with Gasteiger partial charge in [0.1, 0.15) is 0 Å². The highest BCUT2D eigenvalue weighted by Crippen LogP contribution is 2.23. The van der Waals surface area contributed by atoms with Crippen LogP contribution in [0.4, 0.5) is 0 Å². The molecule has 20 heavy (non-hydrogen) atoms. The van der Waals surface area contributed by atoms with E-state index in [2.05, 4.69) is 18.8 Å². The van der Waals surface area contributed by atoms with Gasteiger partial charge in [0.15, 0.2) is 5.69 Å². The minimum atomic E-state index is -0.415. The first-order valence-electron chi connectivity index (χ1n) is 6.80. The molecule has 0 aliphatic rings. The fourth-order valence-corrected chi connectivity index (χ4v) is 2.23. The van der Waals surface area contributed by atoms with Crippen LogP contribution in [0, 0.1) is 5.92 Å². The molecule has 4 heteroatoms. The van der Waals surface area contributed by atoms with E-state index < -0.39 is 5.97 Å². The molecule has 1 heterocycles. The van der Waals surface area contributed by atoms with Crippen molar-refractivity contribution in [2.24, 2.45) is 5.92 Å². The molecule has 2 aromatic rings. The van der Waals surface area contributed by atoms with Crippen LogP contribution in [0.5, 0.6) is 0 Å². The lowest BCUT2D eigenvalue weighted by atomic mass is 10.1. The Bertz CT molecular complexity index is 610. The number of ether oxygens (including phenoxy) is 1. The number of hydrogen-bond donors (Lipinski definition) is 0. The highest BCUT2D eigenvalue weighted by molar-refractivity contribution is 6.35. The second kappa shape index (κ2) is 6.71. The van der Waals surface area contributed by atoms with E-state index in [4.69, 9.17) is 16.3 Å². The number of hydrogen-bond acceptors (Lipinski definition) is 3. The van der Waals surface area contributed by atoms with Crippen molar-refractivity contribution in [1.82, 2.24) is 4.98 Å². The number of pyridine rings is 1. The Morgan fingerprint density at radius 3 is 2.85 bits per heavy atom. The minimum Gasteiger partial charge on any atom is -0.461 e. The van der Waals surface area contributed by atoms with Crippen LogP contribution in [0.2, 0.25) is 5.02 Å². The summed E-state index contributed by atoms with van der Waals surface area (Å²) in [7, 11) is 0. The molecule has 0 saturated heterocycles. The largest absolute Gasteiger partial charge is 0.461 e. The van der Waals surface area contributed by atoms with Gasteiger partial charge in [-0.15, -0.1) is 0 Å². The second-order valence-corrected chi connectivity index (χ2v) is 5.59. The number of esters is 1. The molecule has 0 aliphatic heterocycles. The van der Waals surface area contributed by atoms with Gasteiger partial charge in [-0.25, -0.2) is 9.78 Å². The molecule has 3 nitrogen and oxygen atoms in total. The number of rotatable bonds is 5. The van der Waals surface area contributed by atoms with Gasteiger partial charge in [0, 0.05) is 5.39 Å². The molecule has 0 radical (unpaired) electrons. The Labute approximate surface area is 123 Å². The SMILES string of the molecule is CC(C)CCCOC(=O)c1cc(Cl)c2ccccc2n1. The molecule has 0 amide bonds. The van der Waals surface area contributed by atoms with Gasteiger partial charge in [-0.2, -0.15) is 0 Å². The van der Waals surface area contributed by atoms with Crippen molar-refractivity contribution < 1.29 is 9.53 Å². The number of aromatic nitrogens is 1. The number of benzene rings is 1. The summed E-state index contributed by atoms with van der Waals surface area (Å²) in [6, 6.07) is 9.02. The number of carbonyl (C=O) groups is 1. The summed E-state index contributed by atoms with van der Waals surface area (Å²) >= 11 is 6.16. The molecule has 1 aromatic heterocycles. The van der Waals surface area contributed by atoms with Crippen LogP contribution in [0.25, 0.3) is 10.9 Å². The van der Waals surface area contributed by atoms with Gasteiger partial charge >= 0.3 is 5.97 Å². The summed E-state index contributed by atoms with van der Waals surface area (Å²) in [6.07, 6.45) is 1.91. The lowest BCUT2D eigenvalue weighted by Crippen LogP contribution is -2.09. The molecule has 0 aliphatic carbocycles. The van der Waals surface area contributed by atoms with E-state index in [1.165, 1.54) is 0 Å². The average molecular weight is 292 g/mol. The fraction of sp³-hybridized carbons (Fsp3) is 0.375. The fourth-order valence-electron chi connectivity index (χ4n) is 1.97. The van der Waals surface area contributed by atoms with Gasteiger partial charge in [0.05, 0.1) is 17.1 Å². The topological polar surface area (TPSA) is 39.2 Å². The summed E-state index contributed by atoms with van der Waals surface area (Å²) in [5.41, 5.74) is 0.965. The maximum atomic E-state index is 11.9. The summed E-state index contributed by atoms with van der Waals surface area (Å²) < 4.78 is 5.22. The minimum absolute atomic E-state index is 0.262.